The van der Waals surface area contributed by atoms with Crippen LogP contribution in [0.2, 0.25) is 5.02 Å². The fraction of sp³-hybridized carbons (Fsp3) is 0.796. The molecule has 8 rings (SSSR count). The van der Waals surface area contributed by atoms with Gasteiger partial charge in [-0.25, -0.2) is 14.8 Å². The minimum Gasteiger partial charge on any atom is -0.462 e. The van der Waals surface area contributed by atoms with E-state index in [9.17, 15) is 19.2 Å². The van der Waals surface area contributed by atoms with Crippen molar-refractivity contribution in [2.75, 3.05) is 6.54 Å². The van der Waals surface area contributed by atoms with E-state index in [1.807, 2.05) is 25.7 Å². The van der Waals surface area contributed by atoms with E-state index in [0.717, 1.165) is 63.4 Å². The number of carbonyl (C=O) groups is 4. The molecule has 1 amide bonds. The highest BCUT2D eigenvalue weighted by atomic mass is 35.5. The molecule has 1 aromatic heterocycles. The zero-order valence-corrected chi connectivity index (χ0v) is 39.1. The van der Waals surface area contributed by atoms with Crippen LogP contribution in [0.4, 0.5) is 4.79 Å². The summed E-state index contributed by atoms with van der Waals surface area (Å²) in [6.07, 6.45) is 11.1. The third-order valence-corrected chi connectivity index (χ3v) is 17.2. The lowest BCUT2D eigenvalue weighted by Crippen LogP contribution is -2.61. The van der Waals surface area contributed by atoms with E-state index in [4.69, 9.17) is 25.8 Å². The molecule has 5 saturated carbocycles. The molecule has 0 N–H and O–H groups in total. The fourth-order valence-electron chi connectivity index (χ4n) is 14.1. The summed E-state index contributed by atoms with van der Waals surface area (Å²) in [4.78, 5) is 66.0. The van der Waals surface area contributed by atoms with Gasteiger partial charge in [0.1, 0.15) is 23.3 Å². The van der Waals surface area contributed by atoms with Crippen LogP contribution in [-0.4, -0.2) is 63.0 Å². The number of carbonyl (C=O) groups excluding carboxylic acids is 4. The van der Waals surface area contributed by atoms with Gasteiger partial charge in [0.05, 0.1) is 23.4 Å². The second kappa shape index (κ2) is 14.3. The molecule has 6 fully saturated rings. The second-order valence-corrected chi connectivity index (χ2v) is 24.2. The average Bonchev–Trinajstić information content (AvgIpc) is 3.71. The standard InChI is InChI=1S/C49H70ClN3O7/c1-27-21-34(58-36(55)23-45(8,9)41(56)60-44(5,6)7)46(10,11)31-15-17-47(12)30-16-18-48(22-33(54)39(43(2,3)4)38(48)29(30)13-14-32(47)37(27)31)35-26-53(42(57)59-35)49(19-20-49)40-51-24-28(50)25-52-40/h24-25,27,29-32,34-35,37H,13-23,26H2,1-12H3/t27?,29-,30+,31+,32+,34-,35+,37-,47-,48-/m0/s1. The zero-order valence-electron chi connectivity index (χ0n) is 38.3. The Morgan fingerprint density at radius 3 is 2.17 bits per heavy atom. The number of cyclic esters (lactones) is 1. The van der Waals surface area contributed by atoms with Gasteiger partial charge < -0.3 is 14.2 Å². The molecule has 1 saturated heterocycles. The first-order valence-electron chi connectivity index (χ1n) is 22.9. The van der Waals surface area contributed by atoms with Crippen LogP contribution in [-0.2, 0) is 34.1 Å². The van der Waals surface area contributed by atoms with E-state index in [2.05, 4.69) is 58.4 Å². The number of aromatic nitrogens is 2. The van der Waals surface area contributed by atoms with Gasteiger partial charge >= 0.3 is 18.0 Å². The average molecular weight is 849 g/mol. The van der Waals surface area contributed by atoms with Gasteiger partial charge in [0.25, 0.3) is 0 Å². The molecule has 10 atom stereocenters. The van der Waals surface area contributed by atoms with E-state index in [1.165, 1.54) is 5.57 Å². The van der Waals surface area contributed by atoms with Crippen molar-refractivity contribution in [1.29, 1.82) is 0 Å². The molecule has 7 aliphatic rings. The summed E-state index contributed by atoms with van der Waals surface area (Å²) in [7, 11) is 0. The van der Waals surface area contributed by atoms with Crippen molar-refractivity contribution < 1.29 is 33.4 Å². The van der Waals surface area contributed by atoms with E-state index in [1.54, 1.807) is 26.2 Å². The smallest absolute Gasteiger partial charge is 0.411 e. The predicted molar refractivity (Wildman–Crippen MR) is 228 cm³/mol. The number of hydrogen-bond acceptors (Lipinski definition) is 9. The van der Waals surface area contributed by atoms with Gasteiger partial charge in [0.15, 0.2) is 11.6 Å². The monoisotopic (exact) mass is 847 g/mol. The molecule has 0 radical (unpaired) electrons. The van der Waals surface area contributed by atoms with Gasteiger partial charge in [-0.05, 0) is 144 Å². The Morgan fingerprint density at radius 2 is 1.55 bits per heavy atom. The lowest BCUT2D eigenvalue weighted by atomic mass is 9.39. The van der Waals surface area contributed by atoms with Crippen LogP contribution in [0.5, 0.6) is 0 Å². The van der Waals surface area contributed by atoms with Crippen molar-refractivity contribution in [1.82, 2.24) is 14.9 Å². The molecule has 1 aliphatic heterocycles. The van der Waals surface area contributed by atoms with Gasteiger partial charge in [0.2, 0.25) is 0 Å². The van der Waals surface area contributed by atoms with Crippen LogP contribution in [0.1, 0.15) is 160 Å². The lowest BCUT2D eigenvalue weighted by molar-refractivity contribution is -0.198. The summed E-state index contributed by atoms with van der Waals surface area (Å²) in [6.45, 7) is 25.6. The number of ether oxygens (including phenoxy) is 3. The number of nitrogens with zero attached hydrogens (tertiary/aromatic N) is 3. The number of allylic oxidation sites excluding steroid dienone is 1. The van der Waals surface area contributed by atoms with E-state index < -0.39 is 28.1 Å². The van der Waals surface area contributed by atoms with Gasteiger partial charge in [0, 0.05) is 35.2 Å². The Hall–Kier alpha value is -3.01. The minimum absolute atomic E-state index is 0.0210. The maximum atomic E-state index is 14.5. The Morgan fingerprint density at radius 1 is 0.900 bits per heavy atom. The quantitative estimate of drug-likeness (QED) is 0.195. The van der Waals surface area contributed by atoms with Crippen molar-refractivity contribution in [3.63, 3.8) is 0 Å². The van der Waals surface area contributed by atoms with Crippen LogP contribution in [0.15, 0.2) is 23.5 Å². The zero-order chi connectivity index (χ0) is 43.7. The molecule has 6 aliphatic carbocycles. The van der Waals surface area contributed by atoms with Gasteiger partial charge in [-0.2, -0.15) is 0 Å². The molecule has 0 bridgehead atoms. The molecule has 1 unspecified atom stereocenters. The Balaban J connectivity index is 1.04. The third-order valence-electron chi connectivity index (χ3n) is 17.0. The van der Waals surface area contributed by atoms with Gasteiger partial charge in [-0.3, -0.25) is 19.3 Å². The molecule has 0 spiro atoms. The summed E-state index contributed by atoms with van der Waals surface area (Å²) in [5.41, 5.74) is -0.909. The highest BCUT2D eigenvalue weighted by Crippen LogP contribution is 2.72. The topological polar surface area (TPSA) is 125 Å². The molecule has 2 heterocycles. The first-order valence-corrected chi connectivity index (χ1v) is 23.3. The maximum absolute atomic E-state index is 14.5. The summed E-state index contributed by atoms with van der Waals surface area (Å²) in [5, 5.41) is 0.460. The Labute approximate surface area is 363 Å². The largest absolute Gasteiger partial charge is 0.462 e. The third kappa shape index (κ3) is 6.94. The molecule has 1 aromatic rings. The summed E-state index contributed by atoms with van der Waals surface area (Å²) < 4.78 is 18.5. The van der Waals surface area contributed by atoms with Crippen molar-refractivity contribution >= 4 is 35.4 Å². The van der Waals surface area contributed by atoms with E-state index >= 15 is 0 Å². The van der Waals surface area contributed by atoms with Crippen LogP contribution >= 0.6 is 11.6 Å². The number of halogens is 1. The van der Waals surface area contributed by atoms with E-state index in [0.29, 0.717) is 53.4 Å². The lowest BCUT2D eigenvalue weighted by Gasteiger charge is -2.66. The minimum atomic E-state index is -0.989. The Kier molecular flexibility index (Phi) is 10.4. The summed E-state index contributed by atoms with van der Waals surface area (Å²) in [5.74, 6) is 2.57. The fourth-order valence-corrected chi connectivity index (χ4v) is 14.2. The number of amides is 1. The molecular weight excluding hydrogens is 778 g/mol. The molecule has 0 aromatic carbocycles. The van der Waals surface area contributed by atoms with Gasteiger partial charge in [-0.15, -0.1) is 0 Å². The molecule has 330 valence electrons. The van der Waals surface area contributed by atoms with Crippen molar-refractivity contribution in [2.45, 2.75) is 177 Å². The highest BCUT2D eigenvalue weighted by molar-refractivity contribution is 6.30. The molecule has 11 heteroatoms. The number of Topliss-reactive ketones (excluding diaryl/α,β-unsaturated/α-hetero) is 1. The normalized spacial score (nSPS) is 37.0. The van der Waals surface area contributed by atoms with Crippen LogP contribution in [0.3, 0.4) is 0 Å². The molecule has 60 heavy (non-hydrogen) atoms. The molecular formula is C49H70ClN3O7. The van der Waals surface area contributed by atoms with Crippen LogP contribution in [0, 0.1) is 62.6 Å². The highest BCUT2D eigenvalue weighted by Gasteiger charge is 2.68. The van der Waals surface area contributed by atoms with E-state index in [-0.39, 0.29) is 58.5 Å². The number of fused-ring (bicyclic) bond motifs is 7. The van der Waals surface area contributed by atoms with Crippen LogP contribution < -0.4 is 0 Å². The summed E-state index contributed by atoms with van der Waals surface area (Å²) >= 11 is 6.15. The van der Waals surface area contributed by atoms with Crippen molar-refractivity contribution in [3.05, 3.63) is 34.4 Å². The first-order chi connectivity index (χ1) is 27.7. The SMILES string of the molecule is CC1C[C@H](OC(=O)CC(C)(C)C(=O)OC(C)(C)C)C(C)(C)[C@@H]2CC[C@]3(C)[C@H](CC[C@@H]4C5=C(C(C)(C)C)C(=O)C[C@]5([C@H]5CN(C6(c7ncc(Cl)cn7)CC6)C(=O)O5)CC[C@H]43)[C@@H]12. The first kappa shape index (κ1) is 43.6. The number of ketones is 1. The summed E-state index contributed by atoms with van der Waals surface area (Å²) in [6, 6.07) is 0. The predicted octanol–water partition coefficient (Wildman–Crippen LogP) is 10.4. The Bertz CT molecular complexity index is 1970. The number of hydrogen-bond donors (Lipinski definition) is 0. The molecule has 10 nitrogen and oxygen atoms in total. The van der Waals surface area contributed by atoms with Crippen LogP contribution in [0.25, 0.3) is 0 Å². The maximum Gasteiger partial charge on any atom is 0.411 e. The number of rotatable bonds is 7. The van der Waals surface area contributed by atoms with Gasteiger partial charge in [-0.1, -0.05) is 60.1 Å². The van der Waals surface area contributed by atoms with Crippen molar-refractivity contribution in [3.8, 4) is 0 Å². The van der Waals surface area contributed by atoms with Crippen molar-refractivity contribution in [2.24, 2.45) is 62.6 Å². The number of esters is 2. The second-order valence-electron chi connectivity index (χ2n) is 23.8.